The lowest BCUT2D eigenvalue weighted by Gasteiger charge is -2.04. The van der Waals surface area contributed by atoms with Gasteiger partial charge in [-0.3, -0.25) is 0 Å². The molecule has 0 spiro atoms. The summed E-state index contributed by atoms with van der Waals surface area (Å²) in [5.74, 6) is -0.949. The zero-order chi connectivity index (χ0) is 36.9. The first-order chi connectivity index (χ1) is 22.2. The van der Waals surface area contributed by atoms with Crippen LogP contribution in [-0.2, 0) is 0 Å². The third-order valence-corrected chi connectivity index (χ3v) is 9.10. The van der Waals surface area contributed by atoms with E-state index in [1.165, 1.54) is 63.6 Å². The van der Waals surface area contributed by atoms with Crippen molar-refractivity contribution in [1.29, 1.82) is 0 Å². The summed E-state index contributed by atoms with van der Waals surface area (Å²) in [5.41, 5.74) is 14.8. The van der Waals surface area contributed by atoms with E-state index in [9.17, 15) is 8.78 Å². The van der Waals surface area contributed by atoms with Crippen LogP contribution in [-0.4, -0.2) is 0 Å². The van der Waals surface area contributed by atoms with Gasteiger partial charge in [0.1, 0.15) is 11.6 Å². The van der Waals surface area contributed by atoms with Crippen LogP contribution in [0.15, 0.2) is 72.8 Å². The molecule has 0 nitrogen and oxygen atoms in total. The van der Waals surface area contributed by atoms with Gasteiger partial charge in [-0.15, -0.1) is 0 Å². The van der Waals surface area contributed by atoms with E-state index in [1.807, 2.05) is 52.0 Å². The molecule has 5 rings (SSSR count). The van der Waals surface area contributed by atoms with Crippen molar-refractivity contribution in [2.45, 2.75) is 90.0 Å². The Morgan fingerprint density at radius 1 is 0.312 bits per heavy atom. The van der Waals surface area contributed by atoms with E-state index in [-0.39, 0.29) is 5.56 Å². The second-order valence-electron chi connectivity index (χ2n) is 12.6. The van der Waals surface area contributed by atoms with E-state index in [4.69, 9.17) is 34.8 Å². The highest BCUT2D eigenvalue weighted by molar-refractivity contribution is 6.36. The minimum atomic E-state index is -0.475. The van der Waals surface area contributed by atoms with E-state index in [1.54, 1.807) is 6.92 Å². The molecular formula is C43H51Cl3F2. The van der Waals surface area contributed by atoms with Crippen LogP contribution in [0.25, 0.3) is 0 Å². The molecule has 0 amide bonds. The van der Waals surface area contributed by atoms with Gasteiger partial charge in [-0.05, 0) is 176 Å². The highest BCUT2D eigenvalue weighted by Gasteiger charge is 2.03. The maximum Gasteiger partial charge on any atom is 0.129 e. The first-order valence-electron chi connectivity index (χ1n) is 15.9. The molecule has 0 aliphatic heterocycles. The quantitative estimate of drug-likeness (QED) is 0.150. The standard InChI is InChI=1S/C10H14.C9H12.C8H8Cl2.C8H9Cl.C8H8F2/c1-7-5-8(2)10(4)9(3)6-7;1-7-4-5-8(2)9(3)6-7;1-5-3-7(9)6(2)8(10)4-5;1-6-3-4-7(2)8(9)5-6;1-5-3-7(9)6(2)8(10)4-5/h5-6H,1-4H3;4-6H,1-3H3;3-4H,1-2H3;3-5H,1-2H3;3-4H,1-2H3. The van der Waals surface area contributed by atoms with Gasteiger partial charge in [-0.1, -0.05) is 88.4 Å². The number of hydrogen-bond acceptors (Lipinski definition) is 0. The Bertz CT molecular complexity index is 1550. The van der Waals surface area contributed by atoms with E-state index >= 15 is 0 Å². The van der Waals surface area contributed by atoms with Crippen LogP contribution >= 0.6 is 34.8 Å². The topological polar surface area (TPSA) is 0 Å². The number of benzene rings is 5. The smallest absolute Gasteiger partial charge is 0.129 e. The average Bonchev–Trinajstić information content (AvgIpc) is 2.98. The largest absolute Gasteiger partial charge is 0.207 e. The summed E-state index contributed by atoms with van der Waals surface area (Å²) in [4.78, 5) is 0. The molecule has 0 aromatic heterocycles. The molecule has 0 fully saturated rings. The fraction of sp³-hybridized carbons (Fsp3) is 0.302. The molecule has 5 heteroatoms. The Labute approximate surface area is 304 Å². The maximum atomic E-state index is 12.6. The van der Waals surface area contributed by atoms with Crippen molar-refractivity contribution in [3.05, 3.63) is 172 Å². The summed E-state index contributed by atoms with van der Waals surface area (Å²) in [5, 5.41) is 2.34. The monoisotopic (exact) mass is 710 g/mol. The number of aryl methyl sites for hydroxylation is 10. The van der Waals surface area contributed by atoms with Crippen molar-refractivity contribution < 1.29 is 8.78 Å². The van der Waals surface area contributed by atoms with E-state index in [2.05, 4.69) is 84.9 Å². The number of rotatable bonds is 0. The number of hydrogen-bond donors (Lipinski definition) is 0. The summed E-state index contributed by atoms with van der Waals surface area (Å²) in [7, 11) is 0. The first-order valence-corrected chi connectivity index (χ1v) is 17.0. The van der Waals surface area contributed by atoms with Crippen LogP contribution in [0, 0.1) is 102 Å². The molecule has 0 unspecified atom stereocenters. The van der Waals surface area contributed by atoms with Gasteiger partial charge in [0.05, 0.1) is 0 Å². The molecule has 0 N–H and O–H groups in total. The molecule has 0 saturated heterocycles. The van der Waals surface area contributed by atoms with Gasteiger partial charge in [0.15, 0.2) is 0 Å². The SMILES string of the molecule is Cc1cc(C)c(C)c(C)c1.Cc1cc(Cl)c(C)c(Cl)c1.Cc1cc(F)c(C)c(F)c1.Cc1ccc(C)c(C)c1.Cc1ccc(C)c(Cl)c1. The Morgan fingerprint density at radius 3 is 1.06 bits per heavy atom. The zero-order valence-electron chi connectivity index (χ0n) is 30.8. The number of halogens is 5. The van der Waals surface area contributed by atoms with Gasteiger partial charge in [0, 0.05) is 20.6 Å². The highest BCUT2D eigenvalue weighted by Crippen LogP contribution is 2.24. The van der Waals surface area contributed by atoms with Crippen molar-refractivity contribution in [2.24, 2.45) is 0 Å². The molecule has 0 aliphatic rings. The molecule has 5 aromatic rings. The molecule has 0 atom stereocenters. The fourth-order valence-electron chi connectivity index (χ4n) is 4.39. The van der Waals surface area contributed by atoms with E-state index < -0.39 is 11.6 Å². The third kappa shape index (κ3) is 14.9. The van der Waals surface area contributed by atoms with Gasteiger partial charge >= 0.3 is 0 Å². The molecule has 0 saturated carbocycles. The van der Waals surface area contributed by atoms with Crippen molar-refractivity contribution in [1.82, 2.24) is 0 Å². The minimum Gasteiger partial charge on any atom is -0.207 e. The zero-order valence-corrected chi connectivity index (χ0v) is 33.1. The third-order valence-electron chi connectivity index (χ3n) is 7.91. The minimum absolute atomic E-state index is 0.0885. The molecule has 48 heavy (non-hydrogen) atoms. The van der Waals surface area contributed by atoms with Crippen LogP contribution in [0.4, 0.5) is 8.78 Å². The summed E-state index contributed by atoms with van der Waals surface area (Å²) in [6, 6.07) is 23.4. The van der Waals surface area contributed by atoms with Crippen LogP contribution in [0.3, 0.4) is 0 Å². The Kier molecular flexibility index (Phi) is 18.2. The molecule has 0 bridgehead atoms. The van der Waals surface area contributed by atoms with Gasteiger partial charge < -0.3 is 0 Å². The lowest BCUT2D eigenvalue weighted by molar-refractivity contribution is 0.566. The van der Waals surface area contributed by atoms with Gasteiger partial charge in [-0.2, -0.15) is 0 Å². The molecule has 0 aliphatic carbocycles. The van der Waals surface area contributed by atoms with Crippen LogP contribution in [0.1, 0.15) is 72.3 Å². The predicted molar refractivity (Wildman–Crippen MR) is 209 cm³/mol. The summed E-state index contributed by atoms with van der Waals surface area (Å²) >= 11 is 17.5. The Hall–Kier alpha value is -3.17. The Morgan fingerprint density at radius 2 is 0.667 bits per heavy atom. The van der Waals surface area contributed by atoms with Crippen molar-refractivity contribution in [2.75, 3.05) is 0 Å². The molecular weight excluding hydrogens is 661 g/mol. The van der Waals surface area contributed by atoms with E-state index in [0.717, 1.165) is 31.8 Å². The van der Waals surface area contributed by atoms with Crippen molar-refractivity contribution in [3.8, 4) is 0 Å². The van der Waals surface area contributed by atoms with Gasteiger partial charge in [0.25, 0.3) is 0 Å². The predicted octanol–water partition coefficient (Wildman–Crippen LogP) is 14.7. The summed E-state index contributed by atoms with van der Waals surface area (Å²) in [6.07, 6.45) is 0. The van der Waals surface area contributed by atoms with Crippen molar-refractivity contribution >= 4 is 34.8 Å². The molecule has 0 heterocycles. The van der Waals surface area contributed by atoms with Crippen LogP contribution in [0.2, 0.25) is 15.1 Å². The second-order valence-corrected chi connectivity index (χ2v) is 13.8. The highest BCUT2D eigenvalue weighted by atomic mass is 35.5. The molecule has 258 valence electrons. The average molecular weight is 712 g/mol. The van der Waals surface area contributed by atoms with Crippen molar-refractivity contribution in [3.63, 3.8) is 0 Å². The van der Waals surface area contributed by atoms with E-state index in [0.29, 0.717) is 5.56 Å². The van der Waals surface area contributed by atoms with Crippen LogP contribution < -0.4 is 0 Å². The van der Waals surface area contributed by atoms with Gasteiger partial charge in [0.2, 0.25) is 0 Å². The second kappa shape index (κ2) is 20.4. The molecule has 5 aromatic carbocycles. The summed E-state index contributed by atoms with van der Waals surface area (Å²) in [6.45, 7) is 26.0. The first kappa shape index (κ1) is 42.9. The van der Waals surface area contributed by atoms with Crippen LogP contribution in [0.5, 0.6) is 0 Å². The maximum absolute atomic E-state index is 12.6. The lowest BCUT2D eigenvalue weighted by atomic mass is 10.0. The Balaban J connectivity index is 0.000000300. The fourth-order valence-corrected chi connectivity index (χ4v) is 5.22. The van der Waals surface area contributed by atoms with Gasteiger partial charge in [-0.25, -0.2) is 8.78 Å². The summed E-state index contributed by atoms with van der Waals surface area (Å²) < 4.78 is 25.2. The lowest BCUT2D eigenvalue weighted by Crippen LogP contribution is -1.88. The normalized spacial score (nSPS) is 9.88. The molecule has 0 radical (unpaired) electrons.